The first-order valence-electron chi connectivity index (χ1n) is 7.31. The summed E-state index contributed by atoms with van der Waals surface area (Å²) in [6.45, 7) is 0. The fraction of sp³-hybridized carbons (Fsp3) is 0.0500. The summed E-state index contributed by atoms with van der Waals surface area (Å²) in [7, 11) is 1.05. The van der Waals surface area contributed by atoms with Crippen molar-refractivity contribution in [2.75, 3.05) is 5.73 Å². The lowest BCUT2D eigenvalue weighted by Gasteiger charge is -2.28. The molecule has 0 bridgehead atoms. The van der Waals surface area contributed by atoms with Gasteiger partial charge < -0.3 is 5.73 Å². The van der Waals surface area contributed by atoms with E-state index in [9.17, 15) is 0 Å². The summed E-state index contributed by atoms with van der Waals surface area (Å²) < 4.78 is 0. The first kappa shape index (κ1) is 13.3. The Morgan fingerprint density at radius 3 is 2.23 bits per heavy atom. The van der Waals surface area contributed by atoms with Gasteiger partial charge in [-0.1, -0.05) is 81.2 Å². The van der Waals surface area contributed by atoms with E-state index >= 15 is 0 Å². The summed E-state index contributed by atoms with van der Waals surface area (Å²) in [6, 6.07) is 25.4. The van der Waals surface area contributed by atoms with Gasteiger partial charge in [-0.15, -0.1) is 0 Å². The van der Waals surface area contributed by atoms with Crippen molar-refractivity contribution < 1.29 is 0 Å². The molecule has 0 aromatic heterocycles. The van der Waals surface area contributed by atoms with E-state index in [1.54, 1.807) is 0 Å². The maximum atomic E-state index is 6.32. The molecular weight excluding hydrogens is 285 g/mol. The highest BCUT2D eigenvalue weighted by molar-refractivity contribution is 7.39. The fourth-order valence-corrected chi connectivity index (χ4v) is 4.64. The molecule has 1 aliphatic carbocycles. The monoisotopic (exact) mass is 301 g/mol. The van der Waals surface area contributed by atoms with Crippen molar-refractivity contribution in [1.82, 2.24) is 0 Å². The summed E-state index contributed by atoms with van der Waals surface area (Å²) in [5.41, 5.74) is 13.4. The third-order valence-electron chi connectivity index (χ3n) is 4.50. The minimum Gasteiger partial charge on any atom is -0.398 e. The Labute approximate surface area is 132 Å². The molecule has 0 saturated heterocycles. The lowest BCUT2D eigenvalue weighted by atomic mass is 9.88. The zero-order valence-electron chi connectivity index (χ0n) is 12.2. The maximum absolute atomic E-state index is 6.32. The lowest BCUT2D eigenvalue weighted by Crippen LogP contribution is -2.19. The quantitative estimate of drug-likeness (QED) is 0.527. The first-order valence-corrected chi connectivity index (χ1v) is 8.39. The van der Waals surface area contributed by atoms with Crippen LogP contribution in [0.25, 0.3) is 11.1 Å². The molecule has 0 fully saturated rings. The molecule has 0 aliphatic heterocycles. The fourth-order valence-electron chi connectivity index (χ4n) is 3.59. The van der Waals surface area contributed by atoms with Crippen LogP contribution < -0.4 is 5.73 Å². The molecule has 2 heteroatoms. The van der Waals surface area contributed by atoms with E-state index in [1.165, 1.54) is 22.3 Å². The molecule has 3 aromatic carbocycles. The number of benzene rings is 3. The van der Waals surface area contributed by atoms with Crippen molar-refractivity contribution in [3.63, 3.8) is 0 Å². The molecule has 0 radical (unpaired) electrons. The van der Waals surface area contributed by atoms with Crippen molar-refractivity contribution in [2.24, 2.45) is 0 Å². The van der Waals surface area contributed by atoms with Crippen molar-refractivity contribution in [2.45, 2.75) is 5.16 Å². The second kappa shape index (κ2) is 4.83. The summed E-state index contributed by atoms with van der Waals surface area (Å²) in [5.74, 6) is 0. The standard InChI is InChI=1S/C20H16NP/c1-22-20(14-8-3-2-4-9-14)16-11-6-5-10-15(16)19-17(20)12-7-13-18(19)21/h2-13H,1,21H2. The highest BCUT2D eigenvalue weighted by atomic mass is 31.1. The summed E-state index contributed by atoms with van der Waals surface area (Å²) >= 11 is 0. The topological polar surface area (TPSA) is 26.0 Å². The molecule has 0 amide bonds. The molecule has 22 heavy (non-hydrogen) atoms. The molecule has 106 valence electrons. The molecule has 1 aliphatic rings. The van der Waals surface area contributed by atoms with Crippen LogP contribution in [0.5, 0.6) is 0 Å². The maximum Gasteiger partial charge on any atom is 0.0876 e. The van der Waals surface area contributed by atoms with Crippen LogP contribution in [0.3, 0.4) is 0 Å². The van der Waals surface area contributed by atoms with Crippen LogP contribution in [0.15, 0.2) is 72.8 Å². The minimum atomic E-state index is -0.234. The van der Waals surface area contributed by atoms with Crippen LogP contribution in [0, 0.1) is 0 Å². The van der Waals surface area contributed by atoms with Gasteiger partial charge in [0.2, 0.25) is 0 Å². The summed E-state index contributed by atoms with van der Waals surface area (Å²) in [5, 5.41) is -0.234. The van der Waals surface area contributed by atoms with Gasteiger partial charge in [-0.05, 0) is 28.3 Å². The van der Waals surface area contributed by atoms with Crippen molar-refractivity contribution in [3.05, 3.63) is 89.5 Å². The molecular formula is C20H16NP. The van der Waals surface area contributed by atoms with Crippen molar-refractivity contribution >= 4 is 20.2 Å². The Balaban J connectivity index is 2.17. The SMILES string of the molecule is C=PC1(c2ccccc2)c2ccccc2-c2c(N)cccc21. The van der Waals surface area contributed by atoms with Gasteiger partial charge in [0.25, 0.3) is 0 Å². The van der Waals surface area contributed by atoms with E-state index in [4.69, 9.17) is 5.73 Å². The molecule has 1 atom stereocenters. The number of nitrogens with two attached hydrogens (primary N) is 1. The first-order chi connectivity index (χ1) is 10.8. The molecule has 3 aromatic rings. The molecule has 0 spiro atoms. The van der Waals surface area contributed by atoms with E-state index in [0.717, 1.165) is 19.5 Å². The Morgan fingerprint density at radius 2 is 1.45 bits per heavy atom. The Morgan fingerprint density at radius 1 is 0.773 bits per heavy atom. The molecule has 4 rings (SSSR count). The predicted octanol–water partition coefficient (Wildman–Crippen LogP) is 4.92. The van der Waals surface area contributed by atoms with Gasteiger partial charge in [0.15, 0.2) is 0 Å². The van der Waals surface area contributed by atoms with Crippen LogP contribution in [0.2, 0.25) is 0 Å². The van der Waals surface area contributed by atoms with Gasteiger partial charge in [-0.3, -0.25) is 0 Å². The highest BCUT2D eigenvalue weighted by Gasteiger charge is 2.43. The zero-order chi connectivity index (χ0) is 15.2. The summed E-state index contributed by atoms with van der Waals surface area (Å²) in [4.78, 5) is 0. The Bertz CT molecular complexity index is 870. The number of nitrogen functional groups attached to an aromatic ring is 1. The summed E-state index contributed by atoms with van der Waals surface area (Å²) in [6.07, 6.45) is 4.28. The van der Waals surface area contributed by atoms with Gasteiger partial charge >= 0.3 is 0 Å². The van der Waals surface area contributed by atoms with Crippen molar-refractivity contribution in [3.8, 4) is 11.1 Å². The average Bonchev–Trinajstić information content (AvgIpc) is 2.88. The van der Waals surface area contributed by atoms with Gasteiger partial charge in [-0.25, -0.2) is 0 Å². The number of fused-ring (bicyclic) bond motifs is 3. The highest BCUT2D eigenvalue weighted by Crippen LogP contribution is 2.59. The van der Waals surface area contributed by atoms with Gasteiger partial charge in [-0.2, -0.15) is 0 Å². The van der Waals surface area contributed by atoms with E-state index in [0.29, 0.717) is 0 Å². The number of hydrogen-bond donors (Lipinski definition) is 1. The number of anilines is 1. The van der Waals surface area contributed by atoms with E-state index < -0.39 is 0 Å². The van der Waals surface area contributed by atoms with Crippen LogP contribution in [-0.4, -0.2) is 6.30 Å². The number of hydrogen-bond acceptors (Lipinski definition) is 1. The molecule has 0 heterocycles. The van der Waals surface area contributed by atoms with Crippen molar-refractivity contribution in [1.29, 1.82) is 0 Å². The van der Waals surface area contributed by atoms with E-state index in [2.05, 4.69) is 67.0 Å². The third kappa shape index (κ3) is 1.58. The Hall–Kier alpha value is -2.37. The smallest absolute Gasteiger partial charge is 0.0876 e. The largest absolute Gasteiger partial charge is 0.398 e. The van der Waals surface area contributed by atoms with E-state index in [1.807, 2.05) is 12.1 Å². The van der Waals surface area contributed by atoms with E-state index in [-0.39, 0.29) is 5.16 Å². The van der Waals surface area contributed by atoms with Gasteiger partial charge in [0.05, 0.1) is 5.16 Å². The second-order valence-electron chi connectivity index (χ2n) is 5.55. The Kier molecular flexibility index (Phi) is 2.92. The lowest BCUT2D eigenvalue weighted by molar-refractivity contribution is 0.928. The molecule has 2 N–H and O–H groups in total. The predicted molar refractivity (Wildman–Crippen MR) is 96.7 cm³/mol. The van der Waals surface area contributed by atoms with Crippen LogP contribution in [0.1, 0.15) is 16.7 Å². The second-order valence-corrected chi connectivity index (χ2v) is 6.54. The van der Waals surface area contributed by atoms with Gasteiger partial charge in [0, 0.05) is 11.3 Å². The number of rotatable bonds is 2. The molecule has 0 saturated carbocycles. The van der Waals surface area contributed by atoms with Crippen LogP contribution in [0.4, 0.5) is 5.69 Å². The van der Waals surface area contributed by atoms with Gasteiger partial charge in [0.1, 0.15) is 0 Å². The molecule has 1 unspecified atom stereocenters. The average molecular weight is 301 g/mol. The minimum absolute atomic E-state index is 0.234. The van der Waals surface area contributed by atoms with Crippen LogP contribution in [-0.2, 0) is 5.16 Å². The van der Waals surface area contributed by atoms with Crippen LogP contribution >= 0.6 is 8.20 Å². The normalized spacial score (nSPS) is 18.9. The molecule has 1 nitrogen and oxygen atoms in total. The third-order valence-corrected chi connectivity index (χ3v) is 5.72. The zero-order valence-corrected chi connectivity index (χ0v) is 13.1.